The number of hydrogen-bond donors (Lipinski definition) is 2. The number of carbonyl (C=O) groups is 1. The van der Waals surface area contributed by atoms with E-state index in [1.807, 2.05) is 0 Å². The number of halogens is 2. The second-order valence-electron chi connectivity index (χ2n) is 3.65. The number of aromatic nitrogens is 2. The van der Waals surface area contributed by atoms with Crippen molar-refractivity contribution in [3.63, 3.8) is 0 Å². The van der Waals surface area contributed by atoms with Crippen LogP contribution in [0.15, 0.2) is 30.6 Å². The standard InChI is InChI=1S/C12H10ClFN4O/c1-15-11-6-16-10(5-17-11)12(19)18-9-3-7(13)2-8(14)4-9/h2-6H,1H3,(H,15,17)(H,18,19). The molecule has 19 heavy (non-hydrogen) atoms. The predicted octanol–water partition coefficient (Wildman–Crippen LogP) is 2.56. The van der Waals surface area contributed by atoms with Crippen LogP contribution in [-0.4, -0.2) is 22.9 Å². The summed E-state index contributed by atoms with van der Waals surface area (Å²) in [7, 11) is 1.69. The molecule has 0 aliphatic heterocycles. The van der Waals surface area contributed by atoms with Gasteiger partial charge >= 0.3 is 0 Å². The first-order valence-corrected chi connectivity index (χ1v) is 5.73. The largest absolute Gasteiger partial charge is 0.372 e. The van der Waals surface area contributed by atoms with Crippen LogP contribution in [0.25, 0.3) is 0 Å². The van der Waals surface area contributed by atoms with Crippen LogP contribution in [0, 0.1) is 5.82 Å². The van der Waals surface area contributed by atoms with Gasteiger partial charge in [-0.1, -0.05) is 11.6 Å². The molecule has 5 nitrogen and oxygen atoms in total. The molecule has 0 saturated heterocycles. The first-order valence-electron chi connectivity index (χ1n) is 5.36. The van der Waals surface area contributed by atoms with Crippen LogP contribution in [0.3, 0.4) is 0 Å². The summed E-state index contributed by atoms with van der Waals surface area (Å²) in [5.74, 6) is -0.471. The van der Waals surface area contributed by atoms with Gasteiger partial charge in [0.2, 0.25) is 0 Å². The Kier molecular flexibility index (Phi) is 3.91. The molecule has 1 aromatic carbocycles. The molecule has 1 amide bonds. The van der Waals surface area contributed by atoms with E-state index in [0.717, 1.165) is 6.07 Å². The van der Waals surface area contributed by atoms with Crippen molar-refractivity contribution in [3.8, 4) is 0 Å². The molecule has 7 heteroatoms. The van der Waals surface area contributed by atoms with Gasteiger partial charge in [-0.15, -0.1) is 0 Å². The summed E-state index contributed by atoms with van der Waals surface area (Å²) in [5.41, 5.74) is 0.383. The van der Waals surface area contributed by atoms with E-state index in [9.17, 15) is 9.18 Å². The number of rotatable bonds is 3. The van der Waals surface area contributed by atoms with E-state index < -0.39 is 11.7 Å². The van der Waals surface area contributed by atoms with Crippen LogP contribution in [0.1, 0.15) is 10.5 Å². The summed E-state index contributed by atoms with van der Waals surface area (Å²) < 4.78 is 13.1. The molecule has 0 fully saturated rings. The van der Waals surface area contributed by atoms with Crippen molar-refractivity contribution >= 4 is 29.0 Å². The first kappa shape index (κ1) is 13.2. The van der Waals surface area contributed by atoms with E-state index in [2.05, 4.69) is 20.6 Å². The van der Waals surface area contributed by atoms with Crippen LogP contribution in [-0.2, 0) is 0 Å². The summed E-state index contributed by atoms with van der Waals surface area (Å²) >= 11 is 5.69. The van der Waals surface area contributed by atoms with Crippen LogP contribution in [0.5, 0.6) is 0 Å². The molecule has 2 aromatic rings. The van der Waals surface area contributed by atoms with Crippen molar-refractivity contribution in [1.29, 1.82) is 0 Å². The maximum absolute atomic E-state index is 13.1. The molecule has 0 aliphatic rings. The fraction of sp³-hybridized carbons (Fsp3) is 0.0833. The number of hydrogen-bond acceptors (Lipinski definition) is 4. The van der Waals surface area contributed by atoms with Gasteiger partial charge in [-0.3, -0.25) is 4.79 Å². The Morgan fingerprint density at radius 3 is 2.63 bits per heavy atom. The van der Waals surface area contributed by atoms with E-state index >= 15 is 0 Å². The molecule has 1 aromatic heterocycles. The van der Waals surface area contributed by atoms with Crippen molar-refractivity contribution in [2.75, 3.05) is 17.7 Å². The average Bonchev–Trinajstić information content (AvgIpc) is 2.37. The molecule has 2 N–H and O–H groups in total. The maximum Gasteiger partial charge on any atom is 0.275 e. The maximum atomic E-state index is 13.1. The third kappa shape index (κ3) is 3.38. The van der Waals surface area contributed by atoms with E-state index in [1.165, 1.54) is 24.5 Å². The van der Waals surface area contributed by atoms with E-state index in [0.29, 0.717) is 5.82 Å². The van der Waals surface area contributed by atoms with Crippen LogP contribution < -0.4 is 10.6 Å². The lowest BCUT2D eigenvalue weighted by atomic mass is 10.3. The number of benzene rings is 1. The normalized spacial score (nSPS) is 10.1. The number of anilines is 2. The van der Waals surface area contributed by atoms with Crippen molar-refractivity contribution < 1.29 is 9.18 Å². The SMILES string of the molecule is CNc1cnc(C(=O)Nc2cc(F)cc(Cl)c2)cn1. The summed E-state index contributed by atoms with van der Waals surface area (Å²) in [6, 6.07) is 3.76. The second-order valence-corrected chi connectivity index (χ2v) is 4.09. The van der Waals surface area contributed by atoms with Crippen molar-refractivity contribution in [3.05, 3.63) is 47.1 Å². The molecule has 0 atom stereocenters. The van der Waals surface area contributed by atoms with Gasteiger partial charge in [-0.05, 0) is 18.2 Å². The lowest BCUT2D eigenvalue weighted by Crippen LogP contribution is -2.14. The lowest BCUT2D eigenvalue weighted by Gasteiger charge is -2.05. The van der Waals surface area contributed by atoms with Gasteiger partial charge in [-0.2, -0.15) is 0 Å². The van der Waals surface area contributed by atoms with E-state index in [-0.39, 0.29) is 16.4 Å². The summed E-state index contributed by atoms with van der Waals surface area (Å²) in [4.78, 5) is 19.7. The third-order valence-electron chi connectivity index (χ3n) is 2.26. The van der Waals surface area contributed by atoms with Gasteiger partial charge in [0, 0.05) is 17.8 Å². The molecule has 0 saturated carbocycles. The zero-order valence-electron chi connectivity index (χ0n) is 9.95. The number of amides is 1. The molecule has 1 heterocycles. The summed E-state index contributed by atoms with van der Waals surface area (Å²) in [5, 5.41) is 5.48. The highest BCUT2D eigenvalue weighted by Crippen LogP contribution is 2.18. The van der Waals surface area contributed by atoms with Gasteiger partial charge in [-0.25, -0.2) is 14.4 Å². The Balaban J connectivity index is 2.15. The minimum atomic E-state index is -0.528. The van der Waals surface area contributed by atoms with Gasteiger partial charge in [0.25, 0.3) is 5.91 Å². The average molecular weight is 281 g/mol. The lowest BCUT2D eigenvalue weighted by molar-refractivity contribution is 0.102. The third-order valence-corrected chi connectivity index (χ3v) is 2.48. The quantitative estimate of drug-likeness (QED) is 0.907. The zero-order valence-corrected chi connectivity index (χ0v) is 10.7. The Morgan fingerprint density at radius 1 is 1.26 bits per heavy atom. The molecule has 98 valence electrons. The highest BCUT2D eigenvalue weighted by atomic mass is 35.5. The zero-order chi connectivity index (χ0) is 13.8. The molecule has 0 aliphatic carbocycles. The fourth-order valence-corrected chi connectivity index (χ4v) is 1.62. The predicted molar refractivity (Wildman–Crippen MR) is 70.9 cm³/mol. The minimum absolute atomic E-state index is 0.124. The van der Waals surface area contributed by atoms with Crippen LogP contribution >= 0.6 is 11.6 Å². The van der Waals surface area contributed by atoms with Gasteiger partial charge in [0.05, 0.1) is 12.4 Å². The highest BCUT2D eigenvalue weighted by molar-refractivity contribution is 6.31. The molecule has 0 bridgehead atoms. The molecular formula is C12H10ClFN4O. The molecule has 2 rings (SSSR count). The molecule has 0 spiro atoms. The van der Waals surface area contributed by atoms with Gasteiger partial charge in [0.1, 0.15) is 17.3 Å². The topological polar surface area (TPSA) is 66.9 Å². The summed E-state index contributed by atoms with van der Waals surface area (Å²) in [6.07, 6.45) is 2.75. The second kappa shape index (κ2) is 5.62. The molecular weight excluding hydrogens is 271 g/mol. The smallest absolute Gasteiger partial charge is 0.275 e. The highest BCUT2D eigenvalue weighted by Gasteiger charge is 2.09. The Morgan fingerprint density at radius 2 is 2.05 bits per heavy atom. The fourth-order valence-electron chi connectivity index (χ4n) is 1.40. The Hall–Kier alpha value is -2.21. The van der Waals surface area contributed by atoms with E-state index in [1.54, 1.807) is 7.05 Å². The summed E-state index contributed by atoms with van der Waals surface area (Å²) in [6.45, 7) is 0. The van der Waals surface area contributed by atoms with Crippen molar-refractivity contribution in [2.45, 2.75) is 0 Å². The Labute approximate surface area is 113 Å². The van der Waals surface area contributed by atoms with Crippen LogP contribution in [0.2, 0.25) is 5.02 Å². The van der Waals surface area contributed by atoms with E-state index in [4.69, 9.17) is 11.6 Å². The van der Waals surface area contributed by atoms with Gasteiger partial charge < -0.3 is 10.6 Å². The van der Waals surface area contributed by atoms with Crippen LogP contribution in [0.4, 0.5) is 15.9 Å². The van der Waals surface area contributed by atoms with Crippen molar-refractivity contribution in [1.82, 2.24) is 9.97 Å². The number of nitrogens with one attached hydrogen (secondary N) is 2. The molecule has 0 radical (unpaired) electrons. The van der Waals surface area contributed by atoms with Crippen molar-refractivity contribution in [2.24, 2.45) is 0 Å². The number of nitrogens with zero attached hydrogens (tertiary/aromatic N) is 2. The Bertz CT molecular complexity index is 583. The minimum Gasteiger partial charge on any atom is -0.372 e. The van der Waals surface area contributed by atoms with Gasteiger partial charge in [0.15, 0.2) is 0 Å². The first-order chi connectivity index (χ1) is 9.08. The number of carbonyl (C=O) groups excluding carboxylic acids is 1. The monoisotopic (exact) mass is 280 g/mol. The molecule has 0 unspecified atom stereocenters.